The number of thiophene rings is 1. The number of rotatable bonds is 8. The first-order valence-corrected chi connectivity index (χ1v) is 10.00. The van der Waals surface area contributed by atoms with E-state index in [0.29, 0.717) is 19.1 Å². The largest absolute Gasteiger partial charge is 0.363 e. The topological polar surface area (TPSA) is 35.6 Å². The van der Waals surface area contributed by atoms with Crippen LogP contribution in [-0.2, 0) is 4.79 Å². The summed E-state index contributed by atoms with van der Waals surface area (Å²) in [5.74, 6) is 0.0893. The summed E-state index contributed by atoms with van der Waals surface area (Å²) in [6.45, 7) is 6.24. The second kappa shape index (κ2) is 9.02. The smallest absolute Gasteiger partial charge is 0.239 e. The molecular weight excluding hydrogens is 330 g/mol. The van der Waals surface area contributed by atoms with E-state index >= 15 is 0 Å². The van der Waals surface area contributed by atoms with Gasteiger partial charge in [-0.3, -0.25) is 9.69 Å². The van der Waals surface area contributed by atoms with Crippen LogP contribution in [0.25, 0.3) is 0 Å². The van der Waals surface area contributed by atoms with Crippen molar-refractivity contribution in [2.24, 2.45) is 0 Å². The minimum absolute atomic E-state index is 0.0893. The quantitative estimate of drug-likeness (QED) is 0.785. The van der Waals surface area contributed by atoms with Gasteiger partial charge in [-0.05, 0) is 56.4 Å². The maximum Gasteiger partial charge on any atom is 0.239 e. The standard InChI is InChI=1S/C20H27N3OS/c1-2-22(17-9-4-3-5-10-17)16-20(24)21-15-18(19-11-8-14-25-19)23-12-6-7-13-23/h3-5,8-11,14,18H,2,6-7,12-13,15-16H2,1H3,(H,21,24). The Balaban J connectivity index is 1.57. The van der Waals surface area contributed by atoms with Crippen molar-refractivity contribution in [1.29, 1.82) is 0 Å². The van der Waals surface area contributed by atoms with Crippen LogP contribution in [0.3, 0.4) is 0 Å². The van der Waals surface area contributed by atoms with E-state index in [4.69, 9.17) is 0 Å². The van der Waals surface area contributed by atoms with Crippen LogP contribution in [0.15, 0.2) is 47.8 Å². The van der Waals surface area contributed by atoms with Gasteiger partial charge in [0.1, 0.15) is 0 Å². The third-order valence-electron chi connectivity index (χ3n) is 4.78. The highest BCUT2D eigenvalue weighted by Crippen LogP contribution is 2.27. The van der Waals surface area contributed by atoms with Gasteiger partial charge in [-0.15, -0.1) is 11.3 Å². The maximum atomic E-state index is 12.5. The van der Waals surface area contributed by atoms with E-state index in [-0.39, 0.29) is 5.91 Å². The predicted molar refractivity (Wildman–Crippen MR) is 105 cm³/mol. The normalized spacial score (nSPS) is 15.9. The van der Waals surface area contributed by atoms with Crippen molar-refractivity contribution in [3.63, 3.8) is 0 Å². The molecule has 0 radical (unpaired) electrons. The van der Waals surface area contributed by atoms with Crippen molar-refractivity contribution in [3.05, 3.63) is 52.7 Å². The molecule has 0 saturated carbocycles. The van der Waals surface area contributed by atoms with E-state index in [2.05, 4.69) is 51.7 Å². The molecule has 1 fully saturated rings. The molecule has 1 aromatic carbocycles. The lowest BCUT2D eigenvalue weighted by Gasteiger charge is -2.28. The number of likely N-dealkylation sites (tertiary alicyclic amines) is 1. The molecule has 0 bridgehead atoms. The van der Waals surface area contributed by atoms with Crippen LogP contribution in [-0.4, -0.2) is 43.5 Å². The SMILES string of the molecule is CCN(CC(=O)NCC(c1cccs1)N1CCCC1)c1ccccc1. The summed E-state index contributed by atoms with van der Waals surface area (Å²) in [5.41, 5.74) is 1.09. The summed E-state index contributed by atoms with van der Waals surface area (Å²) in [7, 11) is 0. The molecule has 1 aromatic heterocycles. The van der Waals surface area contributed by atoms with Crippen LogP contribution in [0.4, 0.5) is 5.69 Å². The molecule has 3 rings (SSSR count). The van der Waals surface area contributed by atoms with Crippen molar-refractivity contribution in [1.82, 2.24) is 10.2 Å². The van der Waals surface area contributed by atoms with E-state index in [1.54, 1.807) is 11.3 Å². The molecule has 1 saturated heterocycles. The van der Waals surface area contributed by atoms with Crippen molar-refractivity contribution >= 4 is 22.9 Å². The number of hydrogen-bond acceptors (Lipinski definition) is 4. The Labute approximate surface area is 154 Å². The van der Waals surface area contributed by atoms with E-state index in [9.17, 15) is 4.79 Å². The first-order chi connectivity index (χ1) is 12.3. The number of likely N-dealkylation sites (N-methyl/N-ethyl adjacent to an activating group) is 1. The van der Waals surface area contributed by atoms with Crippen LogP contribution in [0.2, 0.25) is 0 Å². The lowest BCUT2D eigenvalue weighted by atomic mass is 10.2. The summed E-state index contributed by atoms with van der Waals surface area (Å²) in [5, 5.41) is 5.29. The fourth-order valence-corrected chi connectivity index (χ4v) is 4.27. The Morgan fingerprint density at radius 2 is 1.96 bits per heavy atom. The zero-order valence-corrected chi connectivity index (χ0v) is 15.7. The molecule has 2 aromatic rings. The molecule has 25 heavy (non-hydrogen) atoms. The van der Waals surface area contributed by atoms with E-state index < -0.39 is 0 Å². The molecule has 4 nitrogen and oxygen atoms in total. The van der Waals surface area contributed by atoms with Crippen molar-refractivity contribution in [2.45, 2.75) is 25.8 Å². The van der Waals surface area contributed by atoms with Gasteiger partial charge in [-0.25, -0.2) is 0 Å². The molecule has 1 unspecified atom stereocenters. The lowest BCUT2D eigenvalue weighted by Crippen LogP contribution is -2.41. The monoisotopic (exact) mass is 357 g/mol. The fourth-order valence-electron chi connectivity index (χ4n) is 3.41. The van der Waals surface area contributed by atoms with E-state index in [1.165, 1.54) is 17.7 Å². The highest BCUT2D eigenvalue weighted by molar-refractivity contribution is 7.10. The first-order valence-electron chi connectivity index (χ1n) is 9.12. The number of nitrogens with one attached hydrogen (secondary N) is 1. The Bertz CT molecular complexity index is 638. The third-order valence-corrected chi connectivity index (χ3v) is 5.76. The molecule has 1 aliphatic heterocycles. The summed E-state index contributed by atoms with van der Waals surface area (Å²) >= 11 is 1.78. The Kier molecular flexibility index (Phi) is 6.48. The summed E-state index contributed by atoms with van der Waals surface area (Å²) in [6.07, 6.45) is 2.51. The molecule has 0 spiro atoms. The molecular formula is C20H27N3OS. The second-order valence-corrected chi connectivity index (χ2v) is 7.41. The van der Waals surface area contributed by atoms with Crippen LogP contribution < -0.4 is 10.2 Å². The summed E-state index contributed by atoms with van der Waals surface area (Å²) < 4.78 is 0. The highest BCUT2D eigenvalue weighted by Gasteiger charge is 2.24. The molecule has 134 valence electrons. The second-order valence-electron chi connectivity index (χ2n) is 6.43. The number of carbonyl (C=O) groups excluding carboxylic acids is 1. The number of hydrogen-bond donors (Lipinski definition) is 1. The van der Waals surface area contributed by atoms with E-state index in [1.807, 2.05) is 18.2 Å². The van der Waals surface area contributed by atoms with Gasteiger partial charge < -0.3 is 10.2 Å². The first kappa shape index (κ1) is 18.0. The summed E-state index contributed by atoms with van der Waals surface area (Å²) in [4.78, 5) is 18.5. The van der Waals surface area contributed by atoms with Gasteiger partial charge in [0.25, 0.3) is 0 Å². The average molecular weight is 358 g/mol. The lowest BCUT2D eigenvalue weighted by molar-refractivity contribution is -0.120. The van der Waals surface area contributed by atoms with Crippen LogP contribution in [0.1, 0.15) is 30.7 Å². The number of anilines is 1. The van der Waals surface area contributed by atoms with Crippen LogP contribution in [0, 0.1) is 0 Å². The number of amides is 1. The number of carbonyl (C=O) groups is 1. The molecule has 2 heterocycles. The van der Waals surface area contributed by atoms with Gasteiger partial charge in [0.15, 0.2) is 0 Å². The highest BCUT2D eigenvalue weighted by atomic mass is 32.1. The Hall–Kier alpha value is -1.85. The molecule has 1 atom stereocenters. The number of benzene rings is 1. The van der Waals surface area contributed by atoms with Crippen molar-refractivity contribution in [3.8, 4) is 0 Å². The molecule has 1 amide bonds. The molecule has 1 N–H and O–H groups in total. The predicted octanol–water partition coefficient (Wildman–Crippen LogP) is 3.53. The van der Waals surface area contributed by atoms with Gasteiger partial charge >= 0.3 is 0 Å². The van der Waals surface area contributed by atoms with Gasteiger partial charge in [0.2, 0.25) is 5.91 Å². The maximum absolute atomic E-state index is 12.5. The fraction of sp³-hybridized carbons (Fsp3) is 0.450. The van der Waals surface area contributed by atoms with Gasteiger partial charge in [-0.2, -0.15) is 0 Å². The Morgan fingerprint density at radius 1 is 1.20 bits per heavy atom. The Morgan fingerprint density at radius 3 is 2.60 bits per heavy atom. The molecule has 0 aliphatic carbocycles. The van der Waals surface area contributed by atoms with Crippen molar-refractivity contribution < 1.29 is 4.79 Å². The number of para-hydroxylation sites is 1. The van der Waals surface area contributed by atoms with Gasteiger partial charge in [-0.1, -0.05) is 24.3 Å². The van der Waals surface area contributed by atoms with Crippen LogP contribution in [0.5, 0.6) is 0 Å². The van der Waals surface area contributed by atoms with Crippen LogP contribution >= 0.6 is 11.3 Å². The van der Waals surface area contributed by atoms with E-state index in [0.717, 1.165) is 25.3 Å². The zero-order valence-electron chi connectivity index (χ0n) is 14.9. The third kappa shape index (κ3) is 4.83. The minimum Gasteiger partial charge on any atom is -0.363 e. The summed E-state index contributed by atoms with van der Waals surface area (Å²) in [6, 6.07) is 14.7. The van der Waals surface area contributed by atoms with Gasteiger partial charge in [0.05, 0.1) is 12.6 Å². The van der Waals surface area contributed by atoms with Crippen molar-refractivity contribution in [2.75, 3.05) is 37.6 Å². The number of nitrogens with zero attached hydrogens (tertiary/aromatic N) is 2. The van der Waals surface area contributed by atoms with Gasteiger partial charge in [0, 0.05) is 23.7 Å². The molecule has 1 aliphatic rings. The average Bonchev–Trinajstić information content (AvgIpc) is 3.35. The molecule has 5 heteroatoms. The zero-order chi connectivity index (χ0) is 17.5. The minimum atomic E-state index is 0.0893.